The van der Waals surface area contributed by atoms with E-state index in [2.05, 4.69) is 26.0 Å². The predicted octanol–water partition coefficient (Wildman–Crippen LogP) is 3.72. The minimum Gasteiger partial charge on any atom is -0.467 e. The van der Waals surface area contributed by atoms with E-state index in [1.807, 2.05) is 0 Å². The minimum atomic E-state index is -0.725. The third kappa shape index (κ3) is 3.16. The standard InChI is InChI=1S/C13H10BrF2NO3/c1-19-13(18)7-2-9(20-6-7)5-17-12-10(15)3-8(14)4-11(12)16/h2-4,6,17H,5H2,1H3. The van der Waals surface area contributed by atoms with Gasteiger partial charge in [-0.1, -0.05) is 15.9 Å². The van der Waals surface area contributed by atoms with Crippen molar-refractivity contribution in [1.82, 2.24) is 0 Å². The highest BCUT2D eigenvalue weighted by Crippen LogP contribution is 2.24. The van der Waals surface area contributed by atoms with E-state index in [9.17, 15) is 13.6 Å². The molecule has 0 radical (unpaired) electrons. The second-order valence-corrected chi connectivity index (χ2v) is 4.81. The summed E-state index contributed by atoms with van der Waals surface area (Å²) in [5, 5.41) is 2.58. The first-order valence-electron chi connectivity index (χ1n) is 5.55. The number of anilines is 1. The van der Waals surface area contributed by atoms with Crippen LogP contribution in [0.25, 0.3) is 0 Å². The number of nitrogens with one attached hydrogen (secondary N) is 1. The summed E-state index contributed by atoms with van der Waals surface area (Å²) in [6.45, 7) is 0.0342. The Balaban J connectivity index is 2.09. The van der Waals surface area contributed by atoms with Gasteiger partial charge in [0.1, 0.15) is 29.3 Å². The van der Waals surface area contributed by atoms with Crippen molar-refractivity contribution < 1.29 is 22.7 Å². The van der Waals surface area contributed by atoms with E-state index >= 15 is 0 Å². The molecule has 106 valence electrons. The number of carbonyl (C=O) groups excluding carboxylic acids is 1. The first-order valence-corrected chi connectivity index (χ1v) is 6.34. The van der Waals surface area contributed by atoms with E-state index in [1.54, 1.807) is 0 Å². The molecule has 0 aliphatic rings. The van der Waals surface area contributed by atoms with Crippen LogP contribution in [0.4, 0.5) is 14.5 Å². The maximum atomic E-state index is 13.6. The van der Waals surface area contributed by atoms with Gasteiger partial charge >= 0.3 is 5.97 Å². The molecule has 0 unspecified atom stereocenters. The molecule has 0 fully saturated rings. The summed E-state index contributed by atoms with van der Waals surface area (Å²) in [6.07, 6.45) is 1.22. The summed E-state index contributed by atoms with van der Waals surface area (Å²) in [4.78, 5) is 11.2. The number of halogens is 3. The van der Waals surface area contributed by atoms with Crippen LogP contribution in [0.15, 0.2) is 33.4 Å². The summed E-state index contributed by atoms with van der Waals surface area (Å²) in [6, 6.07) is 3.73. The lowest BCUT2D eigenvalue weighted by Gasteiger charge is -2.07. The summed E-state index contributed by atoms with van der Waals surface area (Å²) >= 11 is 2.99. The number of furan rings is 1. The molecule has 20 heavy (non-hydrogen) atoms. The summed E-state index contributed by atoms with van der Waals surface area (Å²) in [7, 11) is 1.25. The highest BCUT2D eigenvalue weighted by Gasteiger charge is 2.13. The first-order chi connectivity index (χ1) is 9.51. The Hall–Kier alpha value is -1.89. The van der Waals surface area contributed by atoms with Gasteiger partial charge in [-0.2, -0.15) is 0 Å². The number of rotatable bonds is 4. The zero-order chi connectivity index (χ0) is 14.7. The number of benzene rings is 1. The topological polar surface area (TPSA) is 51.5 Å². The van der Waals surface area contributed by atoms with Crippen molar-refractivity contribution in [1.29, 1.82) is 0 Å². The molecule has 0 spiro atoms. The number of esters is 1. The second-order valence-electron chi connectivity index (χ2n) is 3.89. The lowest BCUT2D eigenvalue weighted by molar-refractivity contribution is 0.0600. The van der Waals surface area contributed by atoms with Gasteiger partial charge in [0, 0.05) is 4.47 Å². The van der Waals surface area contributed by atoms with Crippen molar-refractivity contribution in [2.45, 2.75) is 6.54 Å². The van der Waals surface area contributed by atoms with Crippen LogP contribution in [-0.2, 0) is 11.3 Å². The first kappa shape index (κ1) is 14.5. The van der Waals surface area contributed by atoms with Crippen LogP contribution in [0.2, 0.25) is 0 Å². The van der Waals surface area contributed by atoms with E-state index < -0.39 is 17.6 Å². The predicted molar refractivity (Wildman–Crippen MR) is 71.4 cm³/mol. The molecule has 0 bridgehead atoms. The number of hydrogen-bond donors (Lipinski definition) is 1. The smallest absolute Gasteiger partial charge is 0.341 e. The molecule has 0 atom stereocenters. The quantitative estimate of drug-likeness (QED) is 0.858. The van der Waals surface area contributed by atoms with Gasteiger partial charge < -0.3 is 14.5 Å². The van der Waals surface area contributed by atoms with E-state index in [1.165, 1.54) is 19.4 Å². The Kier molecular flexibility index (Phi) is 4.39. The third-order valence-electron chi connectivity index (χ3n) is 2.52. The summed E-state index contributed by atoms with van der Waals surface area (Å²) < 4.78 is 37.1. The molecule has 4 nitrogen and oxygen atoms in total. The molecular weight excluding hydrogens is 336 g/mol. The molecule has 1 aromatic heterocycles. The lowest BCUT2D eigenvalue weighted by Crippen LogP contribution is -2.03. The Morgan fingerprint density at radius 3 is 2.60 bits per heavy atom. The number of hydrogen-bond acceptors (Lipinski definition) is 4. The van der Waals surface area contributed by atoms with Gasteiger partial charge in [-0.3, -0.25) is 0 Å². The fourth-order valence-electron chi connectivity index (χ4n) is 1.58. The fraction of sp³-hybridized carbons (Fsp3) is 0.154. The summed E-state index contributed by atoms with van der Waals surface area (Å²) in [5.74, 6) is -1.64. The second kappa shape index (κ2) is 6.04. The molecule has 1 heterocycles. The molecule has 0 saturated heterocycles. The van der Waals surface area contributed by atoms with Crippen molar-refractivity contribution >= 4 is 27.6 Å². The molecule has 0 aliphatic carbocycles. The molecule has 0 amide bonds. The van der Waals surface area contributed by atoms with Crippen molar-refractivity contribution in [3.63, 3.8) is 0 Å². The Labute approximate surface area is 121 Å². The Morgan fingerprint density at radius 2 is 2.00 bits per heavy atom. The Bertz CT molecular complexity index is 619. The number of methoxy groups -OCH3 is 1. The molecule has 1 aromatic carbocycles. The van der Waals surface area contributed by atoms with Crippen molar-refractivity contribution in [2.75, 3.05) is 12.4 Å². The highest BCUT2D eigenvalue weighted by molar-refractivity contribution is 9.10. The van der Waals surface area contributed by atoms with E-state index in [4.69, 9.17) is 4.42 Å². The van der Waals surface area contributed by atoms with E-state index in [0.29, 0.717) is 10.2 Å². The van der Waals surface area contributed by atoms with Crippen LogP contribution >= 0.6 is 15.9 Å². The monoisotopic (exact) mass is 345 g/mol. The fourth-order valence-corrected chi connectivity index (χ4v) is 1.99. The van der Waals surface area contributed by atoms with Crippen molar-refractivity contribution in [2.24, 2.45) is 0 Å². The molecule has 7 heteroatoms. The van der Waals surface area contributed by atoms with Crippen LogP contribution in [0.1, 0.15) is 16.1 Å². The SMILES string of the molecule is COC(=O)c1coc(CNc2c(F)cc(Br)cc2F)c1. The van der Waals surface area contributed by atoms with E-state index in [0.717, 1.165) is 12.1 Å². The average molecular weight is 346 g/mol. The van der Waals surface area contributed by atoms with Gasteiger partial charge in [-0.15, -0.1) is 0 Å². The normalized spacial score (nSPS) is 10.4. The molecule has 2 rings (SSSR count). The minimum absolute atomic E-state index is 0.0342. The largest absolute Gasteiger partial charge is 0.467 e. The van der Waals surface area contributed by atoms with Crippen molar-refractivity contribution in [3.05, 3.63) is 51.9 Å². The lowest BCUT2D eigenvalue weighted by atomic mass is 10.2. The van der Waals surface area contributed by atoms with Crippen LogP contribution in [0.3, 0.4) is 0 Å². The number of ether oxygens (including phenoxy) is 1. The van der Waals surface area contributed by atoms with Crippen LogP contribution in [-0.4, -0.2) is 13.1 Å². The molecular formula is C13H10BrF2NO3. The van der Waals surface area contributed by atoms with Crippen LogP contribution in [0, 0.1) is 11.6 Å². The zero-order valence-electron chi connectivity index (χ0n) is 10.4. The zero-order valence-corrected chi connectivity index (χ0v) is 12.0. The Morgan fingerprint density at radius 1 is 1.35 bits per heavy atom. The van der Waals surface area contributed by atoms with Gasteiger partial charge in [0.15, 0.2) is 0 Å². The van der Waals surface area contributed by atoms with Gasteiger partial charge in [0.2, 0.25) is 0 Å². The maximum Gasteiger partial charge on any atom is 0.341 e. The van der Waals surface area contributed by atoms with Gasteiger partial charge in [-0.05, 0) is 18.2 Å². The summed E-state index contributed by atoms with van der Waals surface area (Å²) in [5.41, 5.74) is -0.0229. The van der Waals surface area contributed by atoms with Gasteiger partial charge in [-0.25, -0.2) is 13.6 Å². The van der Waals surface area contributed by atoms with Gasteiger partial charge in [0.25, 0.3) is 0 Å². The van der Waals surface area contributed by atoms with Gasteiger partial charge in [0.05, 0.1) is 19.2 Å². The van der Waals surface area contributed by atoms with Crippen molar-refractivity contribution in [3.8, 4) is 0 Å². The molecule has 0 aliphatic heterocycles. The highest BCUT2D eigenvalue weighted by atomic mass is 79.9. The molecule has 2 aromatic rings. The van der Waals surface area contributed by atoms with Crippen LogP contribution < -0.4 is 5.32 Å². The van der Waals surface area contributed by atoms with E-state index in [-0.39, 0.29) is 17.8 Å². The maximum absolute atomic E-state index is 13.6. The molecule has 0 saturated carbocycles. The third-order valence-corrected chi connectivity index (χ3v) is 2.98. The molecule has 1 N–H and O–H groups in total. The van der Waals surface area contributed by atoms with Crippen LogP contribution in [0.5, 0.6) is 0 Å². The number of carbonyl (C=O) groups is 1. The average Bonchev–Trinajstić information content (AvgIpc) is 2.85.